The number of imidazole rings is 1. The van der Waals surface area contributed by atoms with E-state index in [1.807, 2.05) is 6.20 Å². The van der Waals surface area contributed by atoms with Gasteiger partial charge in [0.2, 0.25) is 0 Å². The molecule has 0 fully saturated rings. The van der Waals surface area contributed by atoms with E-state index in [1.165, 1.54) is 11.5 Å². The lowest BCUT2D eigenvalue weighted by Gasteiger charge is -2.23. The molecule has 0 aromatic carbocycles. The minimum atomic E-state index is 0.137. The predicted molar refractivity (Wildman–Crippen MR) is 56.0 cm³/mol. The quantitative estimate of drug-likeness (QED) is 0.649. The minimum Gasteiger partial charge on any atom is -0.329 e. The summed E-state index contributed by atoms with van der Waals surface area (Å²) in [5.41, 5.74) is 1.39. The van der Waals surface area contributed by atoms with Gasteiger partial charge < -0.3 is 4.57 Å². The van der Waals surface area contributed by atoms with Crippen LogP contribution in [0.15, 0.2) is 6.20 Å². The summed E-state index contributed by atoms with van der Waals surface area (Å²) in [4.78, 5) is 4.47. The van der Waals surface area contributed by atoms with E-state index in [4.69, 9.17) is 0 Å². The van der Waals surface area contributed by atoms with Crippen LogP contribution in [0.3, 0.4) is 0 Å². The summed E-state index contributed by atoms with van der Waals surface area (Å²) in [7, 11) is 0. The molecule has 0 spiro atoms. The van der Waals surface area contributed by atoms with Crippen molar-refractivity contribution in [1.29, 1.82) is 0 Å². The van der Waals surface area contributed by atoms with E-state index in [0.29, 0.717) is 6.04 Å². The van der Waals surface area contributed by atoms with Crippen LogP contribution in [0.2, 0.25) is 0 Å². The Labute approximate surface area is 81.0 Å². The highest BCUT2D eigenvalue weighted by molar-refractivity contribution is 5.12. The van der Waals surface area contributed by atoms with Gasteiger partial charge in [-0.15, -0.1) is 0 Å². The zero-order chi connectivity index (χ0) is 10.2. The summed E-state index contributed by atoms with van der Waals surface area (Å²) in [5, 5.41) is 0. The van der Waals surface area contributed by atoms with Gasteiger partial charge in [0.1, 0.15) is 5.82 Å². The van der Waals surface area contributed by atoms with Crippen LogP contribution in [0.25, 0.3) is 0 Å². The van der Waals surface area contributed by atoms with Crippen LogP contribution in [-0.4, -0.2) is 9.55 Å². The Morgan fingerprint density at radius 1 is 1.31 bits per heavy atom. The van der Waals surface area contributed by atoms with E-state index in [9.17, 15) is 0 Å². The lowest BCUT2D eigenvalue weighted by atomic mass is 9.95. The fourth-order valence-electron chi connectivity index (χ4n) is 1.65. The van der Waals surface area contributed by atoms with Gasteiger partial charge in [-0.05, 0) is 20.8 Å². The molecule has 0 aliphatic rings. The first-order chi connectivity index (χ1) is 5.84. The molecule has 13 heavy (non-hydrogen) atoms. The Hall–Kier alpha value is -0.790. The molecule has 2 heteroatoms. The summed E-state index contributed by atoms with van der Waals surface area (Å²) in [5.74, 6) is 1.18. The van der Waals surface area contributed by atoms with E-state index in [0.717, 1.165) is 0 Å². The molecule has 0 atom stereocenters. The van der Waals surface area contributed by atoms with Crippen LogP contribution >= 0.6 is 0 Å². The molecule has 0 N–H and O–H groups in total. The van der Waals surface area contributed by atoms with E-state index in [2.05, 4.69) is 51.1 Å². The van der Waals surface area contributed by atoms with Gasteiger partial charge >= 0.3 is 0 Å². The second kappa shape index (κ2) is 3.17. The van der Waals surface area contributed by atoms with Gasteiger partial charge in [-0.2, -0.15) is 0 Å². The second-order valence-corrected chi connectivity index (χ2v) is 4.94. The van der Waals surface area contributed by atoms with Gasteiger partial charge in [0, 0.05) is 23.3 Å². The molecule has 1 aromatic heterocycles. The third kappa shape index (κ3) is 1.93. The number of nitrogens with zero attached hydrogens (tertiary/aromatic N) is 2. The summed E-state index contributed by atoms with van der Waals surface area (Å²) < 4.78 is 2.31. The maximum absolute atomic E-state index is 4.47. The Bertz CT molecular complexity index is 290. The monoisotopic (exact) mass is 180 g/mol. The zero-order valence-electron chi connectivity index (χ0n) is 9.55. The molecule has 0 aliphatic heterocycles. The topological polar surface area (TPSA) is 17.8 Å². The van der Waals surface area contributed by atoms with Crippen molar-refractivity contribution < 1.29 is 0 Å². The molecule has 2 nitrogen and oxygen atoms in total. The highest BCUT2D eigenvalue weighted by atomic mass is 15.1. The van der Waals surface area contributed by atoms with Gasteiger partial charge in [0.05, 0.1) is 0 Å². The van der Waals surface area contributed by atoms with Crippen LogP contribution in [-0.2, 0) is 5.41 Å². The summed E-state index contributed by atoms with van der Waals surface area (Å²) in [6.07, 6.45) is 1.96. The van der Waals surface area contributed by atoms with Crippen LogP contribution in [0.4, 0.5) is 0 Å². The highest BCUT2D eigenvalue weighted by Gasteiger charge is 2.22. The van der Waals surface area contributed by atoms with E-state index in [1.54, 1.807) is 0 Å². The highest BCUT2D eigenvalue weighted by Crippen LogP contribution is 2.24. The first-order valence-electron chi connectivity index (χ1n) is 4.88. The molecule has 0 saturated carbocycles. The molecular formula is C11H20N2. The fourth-order valence-corrected chi connectivity index (χ4v) is 1.65. The first-order valence-corrected chi connectivity index (χ1v) is 4.88. The molecule has 1 aromatic rings. The largest absolute Gasteiger partial charge is 0.329 e. The third-order valence-corrected chi connectivity index (χ3v) is 2.17. The van der Waals surface area contributed by atoms with Crippen molar-refractivity contribution in [3.63, 3.8) is 0 Å². The van der Waals surface area contributed by atoms with Gasteiger partial charge in [-0.25, -0.2) is 4.98 Å². The number of rotatable bonds is 1. The SMILES string of the molecule is Cc1cnc(C(C)(C)C)n1C(C)C. The zero-order valence-corrected chi connectivity index (χ0v) is 9.55. The Morgan fingerprint density at radius 2 is 1.85 bits per heavy atom. The lowest BCUT2D eigenvalue weighted by Crippen LogP contribution is -2.20. The molecule has 0 bridgehead atoms. The summed E-state index contributed by atoms with van der Waals surface area (Å²) >= 11 is 0. The van der Waals surface area contributed by atoms with E-state index < -0.39 is 0 Å². The Morgan fingerprint density at radius 3 is 2.15 bits per heavy atom. The van der Waals surface area contributed by atoms with Gasteiger partial charge in [0.15, 0.2) is 0 Å². The van der Waals surface area contributed by atoms with Gasteiger partial charge in [0.25, 0.3) is 0 Å². The molecule has 0 radical (unpaired) electrons. The van der Waals surface area contributed by atoms with Gasteiger partial charge in [-0.1, -0.05) is 20.8 Å². The Kier molecular flexibility index (Phi) is 2.51. The second-order valence-electron chi connectivity index (χ2n) is 4.94. The molecular weight excluding hydrogens is 160 g/mol. The predicted octanol–water partition coefficient (Wildman–Crippen LogP) is 3.07. The van der Waals surface area contributed by atoms with Gasteiger partial charge in [-0.3, -0.25) is 0 Å². The maximum Gasteiger partial charge on any atom is 0.114 e. The van der Waals surface area contributed by atoms with Crippen LogP contribution < -0.4 is 0 Å². The number of hydrogen-bond donors (Lipinski definition) is 0. The number of aromatic nitrogens is 2. The molecule has 0 saturated heterocycles. The molecule has 1 rings (SSSR count). The molecule has 74 valence electrons. The standard InChI is InChI=1S/C11H20N2/c1-8(2)13-9(3)7-12-10(13)11(4,5)6/h7-8H,1-6H3. The van der Waals surface area contributed by atoms with Crippen molar-refractivity contribution in [3.8, 4) is 0 Å². The number of hydrogen-bond acceptors (Lipinski definition) is 1. The van der Waals surface area contributed by atoms with Crippen molar-refractivity contribution >= 4 is 0 Å². The average Bonchev–Trinajstić information content (AvgIpc) is 2.28. The molecule has 0 aliphatic carbocycles. The fraction of sp³-hybridized carbons (Fsp3) is 0.727. The van der Waals surface area contributed by atoms with Crippen molar-refractivity contribution in [1.82, 2.24) is 9.55 Å². The van der Waals surface area contributed by atoms with E-state index in [-0.39, 0.29) is 5.41 Å². The summed E-state index contributed by atoms with van der Waals surface area (Å²) in [6, 6.07) is 0.497. The maximum atomic E-state index is 4.47. The average molecular weight is 180 g/mol. The van der Waals surface area contributed by atoms with Crippen molar-refractivity contribution in [2.24, 2.45) is 0 Å². The van der Waals surface area contributed by atoms with Crippen molar-refractivity contribution in [3.05, 3.63) is 17.7 Å². The molecule has 0 amide bonds. The first kappa shape index (κ1) is 10.3. The van der Waals surface area contributed by atoms with Crippen LogP contribution in [0.5, 0.6) is 0 Å². The van der Waals surface area contributed by atoms with E-state index >= 15 is 0 Å². The summed E-state index contributed by atoms with van der Waals surface area (Å²) in [6.45, 7) is 13.1. The van der Waals surface area contributed by atoms with Crippen molar-refractivity contribution in [2.45, 2.75) is 53.0 Å². The lowest BCUT2D eigenvalue weighted by molar-refractivity contribution is 0.463. The smallest absolute Gasteiger partial charge is 0.114 e. The van der Waals surface area contributed by atoms with Crippen LogP contribution in [0, 0.1) is 6.92 Å². The number of aryl methyl sites for hydroxylation is 1. The normalized spacial score (nSPS) is 12.5. The Balaban J connectivity index is 3.23. The molecule has 1 heterocycles. The third-order valence-electron chi connectivity index (χ3n) is 2.17. The minimum absolute atomic E-state index is 0.137. The van der Waals surface area contributed by atoms with Crippen molar-refractivity contribution in [2.75, 3.05) is 0 Å². The molecule has 0 unspecified atom stereocenters. The van der Waals surface area contributed by atoms with Crippen LogP contribution in [0.1, 0.15) is 52.2 Å².